The number of anilines is 2. The molecule has 0 saturated carbocycles. The maximum Gasteiger partial charge on any atom is 0.336 e. The molecule has 10 heteroatoms. The van der Waals surface area contributed by atoms with Crippen molar-refractivity contribution in [2.45, 2.75) is 45.1 Å². The lowest BCUT2D eigenvalue weighted by Crippen LogP contribution is -2.50. The van der Waals surface area contributed by atoms with Gasteiger partial charge >= 0.3 is 5.97 Å². The minimum atomic E-state index is -3.93. The molecule has 3 aromatic rings. The fourth-order valence-corrected chi connectivity index (χ4v) is 6.47. The van der Waals surface area contributed by atoms with E-state index in [0.717, 1.165) is 32.6 Å². The highest BCUT2D eigenvalue weighted by molar-refractivity contribution is 7.92. The number of fused-ring (bicyclic) bond motifs is 1. The van der Waals surface area contributed by atoms with Crippen molar-refractivity contribution in [3.8, 4) is 0 Å². The van der Waals surface area contributed by atoms with Gasteiger partial charge in [0.25, 0.3) is 10.0 Å². The number of nitrogens with zero attached hydrogens (tertiary/aromatic N) is 3. The molecule has 1 saturated heterocycles. The minimum absolute atomic E-state index is 0.0638. The number of hydrogen-bond donors (Lipinski definition) is 2. The second-order valence-electron chi connectivity index (χ2n) is 10.0. The van der Waals surface area contributed by atoms with E-state index >= 15 is 0 Å². The summed E-state index contributed by atoms with van der Waals surface area (Å²) in [5.74, 6) is 0.157. The Bertz CT molecular complexity index is 1420. The molecule has 0 bridgehead atoms. The van der Waals surface area contributed by atoms with Crippen molar-refractivity contribution in [1.82, 2.24) is 9.88 Å². The molecule has 1 aromatic heterocycles. The van der Waals surface area contributed by atoms with Gasteiger partial charge in [-0.3, -0.25) is 9.62 Å². The first-order chi connectivity index (χ1) is 17.5. The van der Waals surface area contributed by atoms with E-state index in [9.17, 15) is 18.3 Å². The maximum absolute atomic E-state index is 13.0. The van der Waals surface area contributed by atoms with Crippen LogP contribution in [0.5, 0.6) is 0 Å². The molecule has 0 radical (unpaired) electrons. The fourth-order valence-electron chi connectivity index (χ4n) is 4.93. The second kappa shape index (κ2) is 10.8. The van der Waals surface area contributed by atoms with Crippen LogP contribution in [0.1, 0.15) is 43.1 Å². The summed E-state index contributed by atoms with van der Waals surface area (Å²) in [6.07, 6.45) is 1.14. The molecule has 2 heterocycles. The molecule has 4 rings (SSSR count). The molecular formula is C27H33ClN4O4S. The Morgan fingerprint density at radius 1 is 1.11 bits per heavy atom. The molecule has 1 fully saturated rings. The maximum atomic E-state index is 13.0. The van der Waals surface area contributed by atoms with E-state index < -0.39 is 16.0 Å². The molecule has 8 nitrogen and oxygen atoms in total. The molecular weight excluding hydrogens is 512 g/mol. The van der Waals surface area contributed by atoms with E-state index in [0.29, 0.717) is 39.3 Å². The Morgan fingerprint density at radius 2 is 1.81 bits per heavy atom. The highest BCUT2D eigenvalue weighted by Gasteiger charge is 2.24. The average Bonchev–Trinajstić information content (AvgIpc) is 2.84. The standard InChI is InChI=1S/C27H33ClN4O4S/c1-17(2)14-18(3)31-10-12-32(13-11-31)26-16-22(27(33)34)21-15-20(8-9-24(21)29-26)30-37(35,36)25-7-5-6-23(28)19(25)4/h5-9,15-18,30H,10-14H2,1-4H3,(H,33,34)/t18-/m1/s1. The molecule has 198 valence electrons. The summed E-state index contributed by atoms with van der Waals surface area (Å²) >= 11 is 6.11. The summed E-state index contributed by atoms with van der Waals surface area (Å²) in [6.45, 7) is 11.6. The van der Waals surface area contributed by atoms with Crippen molar-refractivity contribution in [1.29, 1.82) is 0 Å². The molecule has 0 amide bonds. The molecule has 1 aliphatic heterocycles. The van der Waals surface area contributed by atoms with Crippen LogP contribution in [0.25, 0.3) is 10.9 Å². The lowest BCUT2D eigenvalue weighted by molar-refractivity contribution is 0.0699. The predicted molar refractivity (Wildman–Crippen MR) is 148 cm³/mol. The average molecular weight is 545 g/mol. The molecule has 37 heavy (non-hydrogen) atoms. The van der Waals surface area contributed by atoms with Gasteiger partial charge in [-0.1, -0.05) is 31.5 Å². The third kappa shape index (κ3) is 6.00. The van der Waals surface area contributed by atoms with Crippen LogP contribution >= 0.6 is 11.6 Å². The van der Waals surface area contributed by atoms with Crippen LogP contribution in [0.15, 0.2) is 47.4 Å². The monoisotopic (exact) mass is 544 g/mol. The van der Waals surface area contributed by atoms with Gasteiger partial charge in [-0.05, 0) is 68.1 Å². The summed E-state index contributed by atoms with van der Waals surface area (Å²) in [5, 5.41) is 10.7. The van der Waals surface area contributed by atoms with Crippen LogP contribution in [-0.4, -0.2) is 61.6 Å². The zero-order chi connectivity index (χ0) is 26.9. The predicted octanol–water partition coefficient (Wildman–Crippen LogP) is 5.25. The first kappa shape index (κ1) is 27.2. The van der Waals surface area contributed by atoms with Crippen LogP contribution in [0.4, 0.5) is 11.5 Å². The van der Waals surface area contributed by atoms with E-state index in [1.165, 1.54) is 12.1 Å². The number of rotatable bonds is 8. The van der Waals surface area contributed by atoms with Crippen LogP contribution in [0, 0.1) is 12.8 Å². The van der Waals surface area contributed by atoms with Gasteiger partial charge in [0.15, 0.2) is 0 Å². The number of hydrogen-bond acceptors (Lipinski definition) is 6. The van der Waals surface area contributed by atoms with Crippen molar-refractivity contribution in [2.75, 3.05) is 35.8 Å². The van der Waals surface area contributed by atoms with Gasteiger partial charge in [0, 0.05) is 48.3 Å². The highest BCUT2D eigenvalue weighted by Crippen LogP contribution is 2.29. The summed E-state index contributed by atoms with van der Waals surface area (Å²) in [7, 11) is -3.93. The lowest BCUT2D eigenvalue weighted by atomic mass is 10.0. The third-order valence-corrected chi connectivity index (χ3v) is 8.79. The van der Waals surface area contributed by atoms with Gasteiger partial charge in [-0.25, -0.2) is 18.2 Å². The topological polar surface area (TPSA) is 103 Å². The quantitative estimate of drug-likeness (QED) is 0.399. The van der Waals surface area contributed by atoms with E-state index in [2.05, 4.69) is 35.3 Å². The normalized spacial score (nSPS) is 15.8. The second-order valence-corrected chi connectivity index (χ2v) is 12.1. The first-order valence-electron chi connectivity index (χ1n) is 12.4. The SMILES string of the molecule is Cc1c(Cl)cccc1S(=O)(=O)Nc1ccc2nc(N3CCN([C@H](C)CC(C)C)CC3)cc(C(=O)O)c2c1. The molecule has 0 unspecified atom stereocenters. The van der Waals surface area contributed by atoms with Crippen molar-refractivity contribution in [3.05, 3.63) is 58.6 Å². The van der Waals surface area contributed by atoms with E-state index in [1.54, 1.807) is 37.3 Å². The van der Waals surface area contributed by atoms with Crippen LogP contribution in [0.3, 0.4) is 0 Å². The summed E-state index contributed by atoms with van der Waals surface area (Å²) in [5.41, 5.74) is 1.26. The number of piperazine rings is 1. The Balaban J connectivity index is 1.60. The Kier molecular flexibility index (Phi) is 7.96. The van der Waals surface area contributed by atoms with Gasteiger partial charge < -0.3 is 10.0 Å². The summed E-state index contributed by atoms with van der Waals surface area (Å²) < 4.78 is 28.6. The molecule has 2 N–H and O–H groups in total. The molecule has 0 spiro atoms. The number of nitrogens with one attached hydrogen (secondary N) is 1. The van der Waals surface area contributed by atoms with Crippen molar-refractivity contribution < 1.29 is 18.3 Å². The number of carbonyl (C=O) groups is 1. The highest BCUT2D eigenvalue weighted by atomic mass is 35.5. The molecule has 1 aliphatic rings. The third-order valence-electron chi connectivity index (χ3n) is 6.86. The van der Waals surface area contributed by atoms with E-state index in [4.69, 9.17) is 16.6 Å². The zero-order valence-electron chi connectivity index (χ0n) is 21.5. The first-order valence-corrected chi connectivity index (χ1v) is 14.3. The Morgan fingerprint density at radius 3 is 2.46 bits per heavy atom. The van der Waals surface area contributed by atoms with Gasteiger partial charge in [0.1, 0.15) is 5.82 Å². The Hall–Kier alpha value is -2.88. The van der Waals surface area contributed by atoms with Crippen molar-refractivity contribution >= 4 is 50.0 Å². The summed E-state index contributed by atoms with van der Waals surface area (Å²) in [6, 6.07) is 11.5. The number of carboxylic acid groups (broad SMARTS) is 1. The number of aromatic nitrogens is 1. The molecule has 2 aromatic carbocycles. The number of halogens is 1. The minimum Gasteiger partial charge on any atom is -0.478 e. The van der Waals surface area contributed by atoms with Gasteiger partial charge in [-0.15, -0.1) is 0 Å². The molecule has 1 atom stereocenters. The van der Waals surface area contributed by atoms with Crippen molar-refractivity contribution in [3.63, 3.8) is 0 Å². The number of aromatic carboxylic acids is 1. The van der Waals surface area contributed by atoms with E-state index in [-0.39, 0.29) is 16.1 Å². The smallest absolute Gasteiger partial charge is 0.336 e. The number of benzene rings is 2. The lowest BCUT2D eigenvalue weighted by Gasteiger charge is -2.39. The van der Waals surface area contributed by atoms with Crippen LogP contribution < -0.4 is 9.62 Å². The zero-order valence-corrected chi connectivity index (χ0v) is 23.1. The Labute approximate surface area is 223 Å². The van der Waals surface area contributed by atoms with Gasteiger partial charge in [-0.2, -0.15) is 0 Å². The largest absolute Gasteiger partial charge is 0.478 e. The van der Waals surface area contributed by atoms with Crippen molar-refractivity contribution in [2.24, 2.45) is 5.92 Å². The van der Waals surface area contributed by atoms with Gasteiger partial charge in [0.2, 0.25) is 0 Å². The van der Waals surface area contributed by atoms with Gasteiger partial charge in [0.05, 0.1) is 16.0 Å². The van der Waals surface area contributed by atoms with E-state index in [1.807, 2.05) is 0 Å². The number of pyridine rings is 1. The fraction of sp³-hybridized carbons (Fsp3) is 0.407. The number of sulfonamides is 1. The van der Waals surface area contributed by atoms with Crippen LogP contribution in [0.2, 0.25) is 5.02 Å². The number of carboxylic acids is 1. The van der Waals surface area contributed by atoms with Crippen LogP contribution in [-0.2, 0) is 10.0 Å². The summed E-state index contributed by atoms with van der Waals surface area (Å²) in [4.78, 5) is 21.6. The molecule has 0 aliphatic carbocycles.